The fraction of sp³-hybridized carbons (Fsp3) is 0. The molecule has 2 rings (SSSR count). The quantitative estimate of drug-likeness (QED) is 0.658. The fourth-order valence-electron chi connectivity index (χ4n) is 1.53. The first kappa shape index (κ1) is 14.2. The number of furan rings is 1. The second-order valence-electron chi connectivity index (χ2n) is 3.84. The van der Waals surface area contributed by atoms with E-state index in [-0.39, 0.29) is 11.4 Å². The Labute approximate surface area is 115 Å². The normalized spacial score (nSPS) is 10.1. The van der Waals surface area contributed by atoms with Crippen molar-refractivity contribution >= 4 is 23.4 Å². The maximum absolute atomic E-state index is 13.0. The summed E-state index contributed by atoms with van der Waals surface area (Å²) >= 11 is 0. The first-order valence-electron chi connectivity index (χ1n) is 5.47. The Morgan fingerprint density at radius 1 is 1.29 bits per heavy atom. The number of hydrogen-bond donors (Lipinski definition) is 2. The van der Waals surface area contributed by atoms with E-state index in [4.69, 9.17) is 5.11 Å². The number of aromatic carboxylic acids is 1. The minimum Gasteiger partial charge on any atom is -0.478 e. The van der Waals surface area contributed by atoms with E-state index in [9.17, 15) is 24.1 Å². The Morgan fingerprint density at radius 2 is 2.00 bits per heavy atom. The van der Waals surface area contributed by atoms with Gasteiger partial charge in [0, 0.05) is 0 Å². The number of halogens is 1. The minimum atomic E-state index is -1.43. The molecule has 0 unspecified atom stereocenters. The van der Waals surface area contributed by atoms with Crippen LogP contribution in [0.4, 0.5) is 16.0 Å². The lowest BCUT2D eigenvalue weighted by atomic mass is 10.1. The zero-order chi connectivity index (χ0) is 15.6. The first-order chi connectivity index (χ1) is 9.88. The number of anilines is 1. The fourth-order valence-corrected chi connectivity index (χ4v) is 1.53. The van der Waals surface area contributed by atoms with Crippen LogP contribution in [0.5, 0.6) is 0 Å². The van der Waals surface area contributed by atoms with Crippen molar-refractivity contribution < 1.29 is 28.4 Å². The van der Waals surface area contributed by atoms with Gasteiger partial charge in [-0.2, -0.15) is 0 Å². The van der Waals surface area contributed by atoms with E-state index in [1.54, 1.807) is 0 Å². The largest absolute Gasteiger partial charge is 0.478 e. The van der Waals surface area contributed by atoms with Crippen molar-refractivity contribution in [2.45, 2.75) is 0 Å². The van der Waals surface area contributed by atoms with Crippen LogP contribution < -0.4 is 5.32 Å². The summed E-state index contributed by atoms with van der Waals surface area (Å²) in [7, 11) is 0. The molecule has 0 spiro atoms. The molecule has 1 amide bonds. The molecule has 0 saturated carbocycles. The smallest absolute Gasteiger partial charge is 0.433 e. The highest BCUT2D eigenvalue weighted by atomic mass is 19.1. The zero-order valence-corrected chi connectivity index (χ0v) is 10.2. The minimum absolute atomic E-state index is 0.159. The van der Waals surface area contributed by atoms with Crippen LogP contribution in [0.15, 0.2) is 34.7 Å². The van der Waals surface area contributed by atoms with E-state index in [1.807, 2.05) is 0 Å². The van der Waals surface area contributed by atoms with Crippen molar-refractivity contribution in [3.63, 3.8) is 0 Å². The average Bonchev–Trinajstić information content (AvgIpc) is 2.90. The molecule has 1 aromatic heterocycles. The molecule has 0 aliphatic carbocycles. The predicted octanol–water partition coefficient (Wildman–Crippen LogP) is 2.28. The summed E-state index contributed by atoms with van der Waals surface area (Å²) in [5.74, 6) is -4.11. The van der Waals surface area contributed by atoms with E-state index in [0.29, 0.717) is 0 Å². The van der Waals surface area contributed by atoms with Gasteiger partial charge < -0.3 is 14.8 Å². The number of amides is 1. The van der Waals surface area contributed by atoms with Crippen LogP contribution >= 0.6 is 0 Å². The van der Waals surface area contributed by atoms with Gasteiger partial charge in [0.2, 0.25) is 0 Å². The molecule has 0 bridgehead atoms. The summed E-state index contributed by atoms with van der Waals surface area (Å²) in [6.07, 6.45) is 0. The Morgan fingerprint density at radius 3 is 2.57 bits per heavy atom. The molecule has 9 heteroatoms. The summed E-state index contributed by atoms with van der Waals surface area (Å²) in [4.78, 5) is 32.4. The van der Waals surface area contributed by atoms with Crippen molar-refractivity contribution in [1.29, 1.82) is 0 Å². The van der Waals surface area contributed by atoms with E-state index >= 15 is 0 Å². The highest BCUT2D eigenvalue weighted by Crippen LogP contribution is 2.20. The number of carbonyl (C=O) groups is 2. The molecule has 0 aliphatic heterocycles. The second-order valence-corrected chi connectivity index (χ2v) is 3.84. The number of nitro groups is 1. The molecule has 108 valence electrons. The third-order valence-electron chi connectivity index (χ3n) is 2.46. The van der Waals surface area contributed by atoms with E-state index in [0.717, 1.165) is 30.3 Å². The molecule has 0 atom stereocenters. The number of hydrogen-bond acceptors (Lipinski definition) is 5. The maximum atomic E-state index is 13.0. The Bertz CT molecular complexity index is 739. The average molecular weight is 294 g/mol. The third kappa shape index (κ3) is 3.03. The molecule has 8 nitrogen and oxygen atoms in total. The van der Waals surface area contributed by atoms with Gasteiger partial charge >= 0.3 is 11.9 Å². The van der Waals surface area contributed by atoms with E-state index < -0.39 is 34.1 Å². The van der Waals surface area contributed by atoms with Crippen molar-refractivity contribution in [3.05, 3.63) is 57.6 Å². The third-order valence-corrected chi connectivity index (χ3v) is 2.46. The van der Waals surface area contributed by atoms with Crippen LogP contribution in [0.1, 0.15) is 20.9 Å². The number of carboxylic acid groups (broad SMARTS) is 1. The standard InChI is InChI=1S/C12H7FN2O6/c13-6-1-2-8(7(5-6)12(17)18)14-11(16)9-3-4-10(21-9)15(19)20/h1-5H,(H,14,16)(H,17,18). The molecular formula is C12H7FN2O6. The lowest BCUT2D eigenvalue weighted by Crippen LogP contribution is -2.14. The van der Waals surface area contributed by atoms with Crippen molar-refractivity contribution in [1.82, 2.24) is 0 Å². The van der Waals surface area contributed by atoms with Crippen molar-refractivity contribution in [2.75, 3.05) is 5.32 Å². The first-order valence-corrected chi connectivity index (χ1v) is 5.47. The van der Waals surface area contributed by atoms with Gasteiger partial charge in [0.15, 0.2) is 5.76 Å². The highest BCUT2D eigenvalue weighted by molar-refractivity contribution is 6.06. The van der Waals surface area contributed by atoms with Crippen LogP contribution in [-0.4, -0.2) is 21.9 Å². The predicted molar refractivity (Wildman–Crippen MR) is 66.7 cm³/mol. The SMILES string of the molecule is O=C(Nc1ccc(F)cc1C(=O)O)c1ccc([N+](=O)[O-])o1. The van der Waals surface area contributed by atoms with Crippen molar-refractivity contribution in [3.8, 4) is 0 Å². The Balaban J connectivity index is 2.27. The van der Waals surface area contributed by atoms with Crippen LogP contribution in [0, 0.1) is 15.9 Å². The summed E-state index contributed by atoms with van der Waals surface area (Å²) < 4.78 is 17.7. The van der Waals surface area contributed by atoms with Crippen LogP contribution in [-0.2, 0) is 0 Å². The Hall–Kier alpha value is -3.23. The maximum Gasteiger partial charge on any atom is 0.433 e. The summed E-state index contributed by atoms with van der Waals surface area (Å²) in [6.45, 7) is 0. The molecule has 1 aromatic carbocycles. The van der Waals surface area contributed by atoms with Gasteiger partial charge in [0.25, 0.3) is 5.91 Å². The van der Waals surface area contributed by atoms with Gasteiger partial charge in [-0.25, -0.2) is 9.18 Å². The second kappa shape index (κ2) is 5.41. The number of nitrogens with zero attached hydrogens (tertiary/aromatic N) is 1. The van der Waals surface area contributed by atoms with Crippen LogP contribution in [0.2, 0.25) is 0 Å². The Kier molecular flexibility index (Phi) is 3.65. The molecule has 2 aromatic rings. The van der Waals surface area contributed by atoms with Gasteiger partial charge in [-0.15, -0.1) is 0 Å². The van der Waals surface area contributed by atoms with E-state index in [1.165, 1.54) is 0 Å². The van der Waals surface area contributed by atoms with E-state index in [2.05, 4.69) is 9.73 Å². The van der Waals surface area contributed by atoms with Crippen LogP contribution in [0.3, 0.4) is 0 Å². The van der Waals surface area contributed by atoms with Gasteiger partial charge in [-0.1, -0.05) is 0 Å². The van der Waals surface area contributed by atoms with Crippen molar-refractivity contribution in [2.24, 2.45) is 0 Å². The summed E-state index contributed by atoms with van der Waals surface area (Å²) in [5, 5.41) is 21.5. The van der Waals surface area contributed by atoms with Crippen LogP contribution in [0.25, 0.3) is 0 Å². The summed E-state index contributed by atoms with van der Waals surface area (Å²) in [6, 6.07) is 4.82. The topological polar surface area (TPSA) is 123 Å². The number of nitrogens with one attached hydrogen (secondary N) is 1. The number of carboxylic acids is 1. The molecular weight excluding hydrogens is 287 g/mol. The summed E-state index contributed by atoms with van der Waals surface area (Å²) in [5.41, 5.74) is -0.614. The van der Waals surface area contributed by atoms with Gasteiger partial charge in [0.1, 0.15) is 10.7 Å². The molecule has 0 fully saturated rings. The van der Waals surface area contributed by atoms with Gasteiger partial charge in [0.05, 0.1) is 17.3 Å². The zero-order valence-electron chi connectivity index (χ0n) is 10.2. The molecule has 0 saturated heterocycles. The number of rotatable bonds is 4. The molecule has 1 heterocycles. The number of benzene rings is 1. The molecule has 2 N–H and O–H groups in total. The van der Waals surface area contributed by atoms with Gasteiger partial charge in [-0.3, -0.25) is 14.9 Å². The molecule has 0 radical (unpaired) electrons. The molecule has 21 heavy (non-hydrogen) atoms. The molecule has 0 aliphatic rings. The lowest BCUT2D eigenvalue weighted by Gasteiger charge is -2.06. The number of carbonyl (C=O) groups excluding carboxylic acids is 1. The monoisotopic (exact) mass is 294 g/mol. The van der Waals surface area contributed by atoms with Gasteiger partial charge in [-0.05, 0) is 24.3 Å². The lowest BCUT2D eigenvalue weighted by molar-refractivity contribution is -0.402. The highest BCUT2D eigenvalue weighted by Gasteiger charge is 2.19.